The van der Waals surface area contributed by atoms with Crippen LogP contribution in [-0.2, 0) is 10.8 Å². The van der Waals surface area contributed by atoms with E-state index in [-0.39, 0.29) is 0 Å². The van der Waals surface area contributed by atoms with Gasteiger partial charge in [-0.05, 0) is 138 Å². The standard InChI is InChI=1S/C64H48F3N/c1-63(2)56-41-57(54(47-22-14-7-15-23-47)40-55(56)60-52(46-20-12-6-13-21-46)32-33-53(61(60)63)48-38-58(65)62(67)59(66)39-48)64(3)36-34-51(35-37-64)68(49-28-24-44(25-29-49)42-16-8-4-9-17-42)50-30-26-45(27-31-50)43-18-10-5-11-19-43/h4-36,38-41H,37H2,1-3H3. The van der Waals surface area contributed by atoms with Gasteiger partial charge in [-0.3, -0.25) is 0 Å². The molecule has 0 fully saturated rings. The molecule has 0 aromatic heterocycles. The van der Waals surface area contributed by atoms with Gasteiger partial charge < -0.3 is 4.90 Å². The Morgan fingerprint density at radius 2 is 0.868 bits per heavy atom. The predicted octanol–water partition coefficient (Wildman–Crippen LogP) is 17.7. The monoisotopic (exact) mass is 887 g/mol. The van der Waals surface area contributed by atoms with Gasteiger partial charge in [0.15, 0.2) is 17.5 Å². The van der Waals surface area contributed by atoms with Gasteiger partial charge in [0.25, 0.3) is 0 Å². The molecular weight excluding hydrogens is 840 g/mol. The molecule has 0 saturated heterocycles. The van der Waals surface area contributed by atoms with Gasteiger partial charge in [-0.25, -0.2) is 13.2 Å². The fourth-order valence-electron chi connectivity index (χ4n) is 10.5. The number of nitrogens with zero attached hydrogens (tertiary/aromatic N) is 1. The van der Waals surface area contributed by atoms with Gasteiger partial charge in [0, 0.05) is 27.9 Å². The minimum absolute atomic E-state index is 0.301. The molecule has 0 radical (unpaired) electrons. The third-order valence-corrected chi connectivity index (χ3v) is 14.1. The summed E-state index contributed by atoms with van der Waals surface area (Å²) in [5.41, 5.74) is 17.4. The zero-order valence-corrected chi connectivity index (χ0v) is 38.2. The van der Waals surface area contributed by atoms with Crippen molar-refractivity contribution in [3.63, 3.8) is 0 Å². The molecule has 0 N–H and O–H groups in total. The fourth-order valence-corrected chi connectivity index (χ4v) is 10.5. The van der Waals surface area contributed by atoms with Crippen LogP contribution in [0.2, 0.25) is 0 Å². The van der Waals surface area contributed by atoms with Crippen LogP contribution in [0.5, 0.6) is 0 Å². The van der Waals surface area contributed by atoms with Crippen molar-refractivity contribution in [2.75, 3.05) is 4.90 Å². The van der Waals surface area contributed by atoms with Crippen molar-refractivity contribution in [3.8, 4) is 66.8 Å². The molecule has 0 heterocycles. The summed E-state index contributed by atoms with van der Waals surface area (Å²) >= 11 is 0. The van der Waals surface area contributed by atoms with Crippen molar-refractivity contribution in [2.24, 2.45) is 0 Å². The topological polar surface area (TPSA) is 3.24 Å². The molecule has 0 amide bonds. The van der Waals surface area contributed by atoms with Crippen LogP contribution in [0.1, 0.15) is 43.9 Å². The molecule has 9 aromatic carbocycles. The Balaban J connectivity index is 1.04. The Morgan fingerprint density at radius 1 is 0.412 bits per heavy atom. The summed E-state index contributed by atoms with van der Waals surface area (Å²) in [7, 11) is 0. The molecule has 0 aliphatic heterocycles. The zero-order chi connectivity index (χ0) is 46.6. The summed E-state index contributed by atoms with van der Waals surface area (Å²) in [5.74, 6) is -3.89. The van der Waals surface area contributed by atoms with Crippen LogP contribution < -0.4 is 4.90 Å². The zero-order valence-electron chi connectivity index (χ0n) is 38.2. The lowest BCUT2D eigenvalue weighted by molar-refractivity contribution is 0.447. The van der Waals surface area contributed by atoms with Crippen LogP contribution in [0.3, 0.4) is 0 Å². The van der Waals surface area contributed by atoms with Crippen molar-refractivity contribution in [2.45, 2.75) is 38.0 Å². The van der Waals surface area contributed by atoms with E-state index in [1.807, 2.05) is 48.5 Å². The van der Waals surface area contributed by atoms with Crippen LogP contribution >= 0.6 is 0 Å². The first-order chi connectivity index (χ1) is 33.1. The first-order valence-electron chi connectivity index (χ1n) is 23.2. The summed E-state index contributed by atoms with van der Waals surface area (Å²) in [6.45, 7) is 6.71. The molecule has 2 aliphatic carbocycles. The van der Waals surface area contributed by atoms with E-state index >= 15 is 8.78 Å². The highest BCUT2D eigenvalue weighted by atomic mass is 19.2. The van der Waals surface area contributed by atoms with Crippen molar-refractivity contribution in [1.82, 2.24) is 0 Å². The highest BCUT2D eigenvalue weighted by molar-refractivity contribution is 5.99. The second kappa shape index (κ2) is 17.0. The molecule has 1 atom stereocenters. The quantitative estimate of drug-likeness (QED) is 0.131. The van der Waals surface area contributed by atoms with E-state index in [0.29, 0.717) is 11.1 Å². The molecule has 1 unspecified atom stereocenters. The Morgan fingerprint density at radius 3 is 1.35 bits per heavy atom. The molecule has 0 saturated carbocycles. The summed E-state index contributed by atoms with van der Waals surface area (Å²) in [6, 6.07) is 70.2. The number of anilines is 2. The maximum Gasteiger partial charge on any atom is 0.194 e. The highest BCUT2D eigenvalue weighted by Gasteiger charge is 2.42. The smallest absolute Gasteiger partial charge is 0.194 e. The molecule has 11 rings (SSSR count). The highest BCUT2D eigenvalue weighted by Crippen LogP contribution is 2.58. The SMILES string of the molecule is CC1(c2cc3c(cc2-c2ccccc2)-c2c(-c4ccccc4)ccc(-c4cc(F)c(F)c(F)c4)c2C3(C)C)C=CC(N(c2ccc(-c3ccccc3)cc2)c2ccc(-c3ccccc3)cc2)=CC1. The molecule has 1 nitrogen and oxygen atoms in total. The number of allylic oxidation sites excluding steroid dienone is 3. The third-order valence-electron chi connectivity index (χ3n) is 14.1. The molecule has 9 aromatic rings. The van der Waals surface area contributed by atoms with Gasteiger partial charge in [0.05, 0.1) is 0 Å². The third kappa shape index (κ3) is 7.47. The maximum absolute atomic E-state index is 15.0. The average molecular weight is 888 g/mol. The fraction of sp³-hybridized carbons (Fsp3) is 0.0938. The molecule has 4 heteroatoms. The molecule has 0 bridgehead atoms. The van der Waals surface area contributed by atoms with Crippen LogP contribution in [0.25, 0.3) is 66.8 Å². The number of halogens is 3. The minimum atomic E-state index is -1.47. The van der Waals surface area contributed by atoms with Gasteiger partial charge >= 0.3 is 0 Å². The van der Waals surface area contributed by atoms with Crippen molar-refractivity contribution in [1.29, 1.82) is 0 Å². The van der Waals surface area contributed by atoms with Crippen LogP contribution in [0, 0.1) is 17.5 Å². The Labute approximate surface area is 396 Å². The summed E-state index contributed by atoms with van der Waals surface area (Å²) in [6.07, 6.45) is 7.71. The van der Waals surface area contributed by atoms with Crippen molar-refractivity contribution >= 4 is 11.4 Å². The van der Waals surface area contributed by atoms with Crippen LogP contribution in [-0.4, -0.2) is 0 Å². The largest absolute Gasteiger partial charge is 0.311 e. The number of benzene rings is 9. The van der Waals surface area contributed by atoms with E-state index < -0.39 is 28.3 Å². The lowest BCUT2D eigenvalue weighted by Gasteiger charge is -2.35. The second-order valence-electron chi connectivity index (χ2n) is 18.7. The number of hydrogen-bond acceptors (Lipinski definition) is 1. The Bertz CT molecular complexity index is 3290. The predicted molar refractivity (Wildman–Crippen MR) is 275 cm³/mol. The molecular formula is C64H48F3N. The van der Waals surface area contributed by atoms with E-state index in [4.69, 9.17) is 0 Å². The van der Waals surface area contributed by atoms with Crippen molar-refractivity contribution < 1.29 is 13.2 Å². The minimum Gasteiger partial charge on any atom is -0.311 e. The van der Waals surface area contributed by atoms with E-state index in [9.17, 15) is 4.39 Å². The van der Waals surface area contributed by atoms with Gasteiger partial charge in [0.2, 0.25) is 0 Å². The van der Waals surface area contributed by atoms with Crippen molar-refractivity contribution in [3.05, 3.63) is 264 Å². The molecule has 0 spiro atoms. The molecule has 330 valence electrons. The van der Waals surface area contributed by atoms with E-state index in [0.717, 1.165) is 91.3 Å². The molecule has 68 heavy (non-hydrogen) atoms. The Hall–Kier alpha value is -7.95. The van der Waals surface area contributed by atoms with E-state index in [2.05, 4.69) is 189 Å². The van der Waals surface area contributed by atoms with Crippen LogP contribution in [0.15, 0.2) is 230 Å². The summed E-state index contributed by atoms with van der Waals surface area (Å²) in [5, 5.41) is 0. The number of rotatable bonds is 9. The lowest BCUT2D eigenvalue weighted by atomic mass is 9.71. The Kier molecular flexibility index (Phi) is 10.7. The summed E-state index contributed by atoms with van der Waals surface area (Å²) in [4.78, 5) is 2.34. The van der Waals surface area contributed by atoms with Gasteiger partial charge in [0.1, 0.15) is 0 Å². The van der Waals surface area contributed by atoms with Gasteiger partial charge in [-0.1, -0.05) is 197 Å². The van der Waals surface area contributed by atoms with Gasteiger partial charge in [-0.2, -0.15) is 0 Å². The first-order valence-corrected chi connectivity index (χ1v) is 23.2. The number of fused-ring (bicyclic) bond motifs is 3. The maximum atomic E-state index is 15.0. The number of hydrogen-bond donors (Lipinski definition) is 0. The second-order valence-corrected chi connectivity index (χ2v) is 18.7. The van der Waals surface area contributed by atoms with Gasteiger partial charge in [-0.15, -0.1) is 0 Å². The van der Waals surface area contributed by atoms with E-state index in [1.54, 1.807) is 0 Å². The normalized spacial score (nSPS) is 15.6. The molecule has 2 aliphatic rings. The average Bonchev–Trinajstić information content (AvgIpc) is 3.62. The lowest BCUT2D eigenvalue weighted by Crippen LogP contribution is -2.26. The van der Waals surface area contributed by atoms with Crippen LogP contribution in [0.4, 0.5) is 24.5 Å². The van der Waals surface area contributed by atoms with E-state index in [1.165, 1.54) is 16.7 Å². The summed E-state index contributed by atoms with van der Waals surface area (Å²) < 4.78 is 44.5. The first kappa shape index (κ1) is 42.7.